The molecule has 0 saturated carbocycles. The van der Waals surface area contributed by atoms with E-state index in [1.807, 2.05) is 42.5 Å². The summed E-state index contributed by atoms with van der Waals surface area (Å²) in [5, 5.41) is 13.7. The molecule has 0 unspecified atom stereocenters. The fourth-order valence-electron chi connectivity index (χ4n) is 2.68. The third-order valence-corrected chi connectivity index (χ3v) is 4.08. The van der Waals surface area contributed by atoms with Gasteiger partial charge in [0.2, 0.25) is 0 Å². The van der Waals surface area contributed by atoms with E-state index in [1.165, 1.54) is 6.92 Å². The van der Waals surface area contributed by atoms with Gasteiger partial charge < -0.3 is 14.8 Å². The normalized spacial score (nSPS) is 11.3. The molecular weight excluding hydrogens is 356 g/mol. The lowest BCUT2D eigenvalue weighted by Crippen LogP contribution is -2.31. The Morgan fingerprint density at radius 1 is 1.04 bits per heavy atom. The number of ether oxygens (including phenoxy) is 2. The molecule has 0 aliphatic rings. The van der Waals surface area contributed by atoms with E-state index in [-0.39, 0.29) is 5.75 Å². The first-order chi connectivity index (χ1) is 13.6. The van der Waals surface area contributed by atoms with Gasteiger partial charge in [-0.25, -0.2) is 4.79 Å². The molecule has 0 radical (unpaired) electrons. The maximum atomic E-state index is 12.4. The molecule has 1 N–H and O–H groups in total. The summed E-state index contributed by atoms with van der Waals surface area (Å²) in [5.74, 6) is -0.856. The fraction of sp³-hybridized carbons (Fsp3) is 0.136. The van der Waals surface area contributed by atoms with Crippen molar-refractivity contribution in [2.45, 2.75) is 13.0 Å². The summed E-state index contributed by atoms with van der Waals surface area (Å²) in [6.45, 7) is 1.09. The molecule has 6 heteroatoms. The minimum atomic E-state index is -0.999. The number of hydrogen-bond donors (Lipinski definition) is 1. The molecule has 28 heavy (non-hydrogen) atoms. The minimum absolute atomic E-state index is 0.287. The highest BCUT2D eigenvalue weighted by molar-refractivity contribution is 6.03. The van der Waals surface area contributed by atoms with Crippen molar-refractivity contribution < 1.29 is 19.1 Å². The maximum Gasteiger partial charge on any atom is 0.344 e. The molecule has 0 aliphatic carbocycles. The molecule has 140 valence electrons. The molecule has 0 spiro atoms. The van der Waals surface area contributed by atoms with Crippen LogP contribution in [0.15, 0.2) is 66.7 Å². The van der Waals surface area contributed by atoms with Gasteiger partial charge in [-0.15, -0.1) is 0 Å². The van der Waals surface area contributed by atoms with Crippen LogP contribution in [0.5, 0.6) is 5.75 Å². The predicted molar refractivity (Wildman–Crippen MR) is 105 cm³/mol. The molecule has 3 aromatic carbocycles. The van der Waals surface area contributed by atoms with Gasteiger partial charge in [-0.2, -0.15) is 5.26 Å². The zero-order chi connectivity index (χ0) is 19.9. The average molecular weight is 374 g/mol. The molecule has 6 nitrogen and oxygen atoms in total. The smallest absolute Gasteiger partial charge is 0.344 e. The highest BCUT2D eigenvalue weighted by Crippen LogP contribution is 2.23. The van der Waals surface area contributed by atoms with Crippen LogP contribution in [0.1, 0.15) is 12.5 Å². The van der Waals surface area contributed by atoms with Crippen LogP contribution in [0.25, 0.3) is 10.8 Å². The third kappa shape index (κ3) is 4.46. The van der Waals surface area contributed by atoms with E-state index in [0.29, 0.717) is 11.3 Å². The number of para-hydroxylation sites is 1. The monoisotopic (exact) mass is 374 g/mol. The zero-order valence-electron chi connectivity index (χ0n) is 15.2. The molecule has 0 saturated heterocycles. The summed E-state index contributed by atoms with van der Waals surface area (Å²) in [4.78, 5) is 24.4. The number of fused-ring (bicyclic) bond motifs is 1. The van der Waals surface area contributed by atoms with Gasteiger partial charge in [0.1, 0.15) is 11.8 Å². The van der Waals surface area contributed by atoms with Gasteiger partial charge in [-0.1, -0.05) is 48.5 Å². The van der Waals surface area contributed by atoms with Crippen LogP contribution in [0.2, 0.25) is 0 Å². The van der Waals surface area contributed by atoms with Gasteiger partial charge >= 0.3 is 5.97 Å². The number of esters is 1. The predicted octanol–water partition coefficient (Wildman–Crippen LogP) is 3.66. The van der Waals surface area contributed by atoms with Gasteiger partial charge in [-0.3, -0.25) is 4.79 Å². The topological polar surface area (TPSA) is 88.4 Å². The highest BCUT2D eigenvalue weighted by atomic mass is 16.6. The molecule has 0 heterocycles. The molecule has 3 rings (SSSR count). The van der Waals surface area contributed by atoms with E-state index in [1.54, 1.807) is 30.3 Å². The molecule has 0 fully saturated rings. The third-order valence-electron chi connectivity index (χ3n) is 4.08. The summed E-state index contributed by atoms with van der Waals surface area (Å²) in [6.07, 6.45) is -0.999. The number of carbonyl (C=O) groups excluding carboxylic acids is 2. The molecular formula is C22H18N2O4. The van der Waals surface area contributed by atoms with Crippen molar-refractivity contribution in [2.75, 3.05) is 11.9 Å². The second-order valence-electron chi connectivity index (χ2n) is 6.04. The van der Waals surface area contributed by atoms with Crippen molar-refractivity contribution in [3.63, 3.8) is 0 Å². The van der Waals surface area contributed by atoms with E-state index in [0.717, 1.165) is 10.8 Å². The maximum absolute atomic E-state index is 12.4. The second kappa shape index (κ2) is 8.69. The Hall–Kier alpha value is -3.85. The van der Waals surface area contributed by atoms with Crippen molar-refractivity contribution >= 4 is 28.3 Å². The van der Waals surface area contributed by atoms with E-state index < -0.39 is 24.6 Å². The van der Waals surface area contributed by atoms with Crippen molar-refractivity contribution in [2.24, 2.45) is 0 Å². The summed E-state index contributed by atoms with van der Waals surface area (Å²) < 4.78 is 10.5. The van der Waals surface area contributed by atoms with Crippen molar-refractivity contribution in [1.82, 2.24) is 0 Å². The number of amides is 1. The average Bonchev–Trinajstić information content (AvgIpc) is 2.72. The van der Waals surface area contributed by atoms with Gasteiger partial charge in [0.25, 0.3) is 5.91 Å². The van der Waals surface area contributed by atoms with Crippen molar-refractivity contribution in [3.8, 4) is 11.8 Å². The Kier molecular flexibility index (Phi) is 5.87. The zero-order valence-corrected chi connectivity index (χ0v) is 15.2. The summed E-state index contributed by atoms with van der Waals surface area (Å²) in [6, 6.07) is 21.8. The molecule has 0 aliphatic heterocycles. The number of nitriles is 1. The lowest BCUT2D eigenvalue weighted by molar-refractivity contribution is -0.155. The van der Waals surface area contributed by atoms with Crippen LogP contribution < -0.4 is 10.1 Å². The van der Waals surface area contributed by atoms with Crippen molar-refractivity contribution in [1.29, 1.82) is 5.26 Å². The van der Waals surface area contributed by atoms with Crippen LogP contribution in [0.3, 0.4) is 0 Å². The van der Waals surface area contributed by atoms with Gasteiger partial charge in [-0.05, 0) is 30.5 Å². The Bertz CT molecular complexity index is 1050. The first-order valence-electron chi connectivity index (χ1n) is 8.68. The Labute approximate surface area is 162 Å². The number of anilines is 1. The SMILES string of the molecule is C[C@H](OC(=O)COc1ccccc1C#N)C(=O)Nc1cccc2ccccc12. The Morgan fingerprint density at radius 2 is 1.75 bits per heavy atom. The highest BCUT2D eigenvalue weighted by Gasteiger charge is 2.19. The number of benzene rings is 3. The van der Waals surface area contributed by atoms with Crippen LogP contribution in [-0.4, -0.2) is 24.6 Å². The van der Waals surface area contributed by atoms with Crippen LogP contribution >= 0.6 is 0 Å². The van der Waals surface area contributed by atoms with E-state index >= 15 is 0 Å². The molecule has 1 atom stereocenters. The number of nitrogens with one attached hydrogen (secondary N) is 1. The van der Waals surface area contributed by atoms with Crippen LogP contribution in [0.4, 0.5) is 5.69 Å². The van der Waals surface area contributed by atoms with E-state index in [2.05, 4.69) is 5.32 Å². The van der Waals surface area contributed by atoms with E-state index in [9.17, 15) is 9.59 Å². The summed E-state index contributed by atoms with van der Waals surface area (Å²) >= 11 is 0. The number of hydrogen-bond acceptors (Lipinski definition) is 5. The Balaban J connectivity index is 1.58. The van der Waals surface area contributed by atoms with Gasteiger partial charge in [0.15, 0.2) is 12.7 Å². The van der Waals surface area contributed by atoms with E-state index in [4.69, 9.17) is 14.7 Å². The quantitative estimate of drug-likeness (QED) is 0.665. The largest absolute Gasteiger partial charge is 0.481 e. The van der Waals surface area contributed by atoms with Gasteiger partial charge in [0.05, 0.1) is 5.56 Å². The molecule has 0 aromatic heterocycles. The lowest BCUT2D eigenvalue weighted by atomic mass is 10.1. The standard InChI is InChI=1S/C22H18N2O4/c1-15(28-21(25)14-27-20-12-5-3-8-17(20)13-23)22(26)24-19-11-6-9-16-7-2-4-10-18(16)19/h2-12,15H,14H2,1H3,(H,24,26)/t15-/m0/s1. The lowest BCUT2D eigenvalue weighted by Gasteiger charge is -2.15. The molecule has 1 amide bonds. The van der Waals surface area contributed by atoms with Crippen LogP contribution in [-0.2, 0) is 14.3 Å². The second-order valence-corrected chi connectivity index (χ2v) is 6.04. The van der Waals surface area contributed by atoms with Crippen molar-refractivity contribution in [3.05, 3.63) is 72.3 Å². The first-order valence-corrected chi connectivity index (χ1v) is 8.68. The molecule has 3 aromatic rings. The first kappa shape index (κ1) is 18.9. The number of carbonyl (C=O) groups is 2. The van der Waals surface area contributed by atoms with Crippen LogP contribution in [0, 0.1) is 11.3 Å². The Morgan fingerprint density at radius 3 is 2.57 bits per heavy atom. The number of nitrogens with zero attached hydrogens (tertiary/aromatic N) is 1. The fourth-order valence-corrected chi connectivity index (χ4v) is 2.68. The summed E-state index contributed by atoms with van der Waals surface area (Å²) in [7, 11) is 0. The minimum Gasteiger partial charge on any atom is -0.481 e. The number of rotatable bonds is 6. The summed E-state index contributed by atoms with van der Waals surface area (Å²) in [5.41, 5.74) is 0.960. The van der Waals surface area contributed by atoms with Gasteiger partial charge in [0, 0.05) is 11.1 Å². The molecule has 0 bridgehead atoms.